The van der Waals surface area contributed by atoms with E-state index in [2.05, 4.69) is 39.9 Å². The molecule has 7 nitrogen and oxygen atoms in total. The van der Waals surface area contributed by atoms with Crippen LogP contribution in [0.2, 0.25) is 0 Å². The summed E-state index contributed by atoms with van der Waals surface area (Å²) < 4.78 is 6.21. The number of fused-ring (bicyclic) bond motifs is 2. The number of aromatic nitrogens is 3. The largest absolute Gasteiger partial charge is 0.438 e. The molecule has 2 aromatic heterocycles. The fraction of sp³-hybridized carbons (Fsp3) is 0.231. The molecule has 1 amide bonds. The molecule has 1 aliphatic rings. The van der Waals surface area contributed by atoms with Gasteiger partial charge in [-0.15, -0.1) is 10.2 Å². The van der Waals surface area contributed by atoms with Gasteiger partial charge in [0.1, 0.15) is 17.1 Å². The van der Waals surface area contributed by atoms with Crippen LogP contribution < -0.4 is 15.4 Å². The molecule has 0 saturated carbocycles. The van der Waals surface area contributed by atoms with Crippen LogP contribution in [-0.4, -0.2) is 21.1 Å². The molecule has 0 radical (unpaired) electrons. The summed E-state index contributed by atoms with van der Waals surface area (Å²) in [4.78, 5) is 18.2. The number of hydrogen-bond donors (Lipinski definition) is 2. The molecule has 0 saturated heterocycles. The lowest BCUT2D eigenvalue weighted by atomic mass is 9.70. The Hall–Kier alpha value is -3.78. The lowest BCUT2D eigenvalue weighted by molar-refractivity contribution is -0.124. The van der Waals surface area contributed by atoms with Gasteiger partial charge in [-0.2, -0.15) is 4.98 Å². The van der Waals surface area contributed by atoms with Crippen LogP contribution in [0.5, 0.6) is 11.6 Å². The number of carbonyl (C=O) groups excluding carboxylic acids is 1. The number of carbonyl (C=O) groups is 1. The maximum Gasteiger partial charge on any atom is 0.232 e. The van der Waals surface area contributed by atoms with Gasteiger partial charge in [0, 0.05) is 23.1 Å². The van der Waals surface area contributed by atoms with Gasteiger partial charge >= 0.3 is 0 Å². The van der Waals surface area contributed by atoms with E-state index in [-0.39, 0.29) is 17.9 Å². The van der Waals surface area contributed by atoms with Crippen LogP contribution in [-0.2, 0) is 4.79 Å². The summed E-state index contributed by atoms with van der Waals surface area (Å²) in [7, 11) is 0. The van der Waals surface area contributed by atoms with Gasteiger partial charge in [0.05, 0.1) is 5.41 Å². The Labute approximate surface area is 202 Å². The standard InChI is InChI=1S/C26H25N5O2S/c1-16(17-9-5-4-6-10-17)28-21-14-13-19-22(18-11-7-8-12-20(18)33-23(19)29-21)26(2,3)24(32)30-25-31-27-15-34-25/h4-16,22H,1-3H3,(H,28,29)(H,30,31,32)/t16-,22-/m0/s1. The monoisotopic (exact) mass is 471 g/mol. The number of hydrogen-bond acceptors (Lipinski definition) is 7. The molecule has 172 valence electrons. The second kappa shape index (κ2) is 8.87. The van der Waals surface area contributed by atoms with E-state index in [9.17, 15) is 4.79 Å². The molecule has 2 N–H and O–H groups in total. The summed E-state index contributed by atoms with van der Waals surface area (Å²) in [6.07, 6.45) is 0. The van der Waals surface area contributed by atoms with Crippen LogP contribution in [0, 0.1) is 5.41 Å². The first kappa shape index (κ1) is 22.0. The summed E-state index contributed by atoms with van der Waals surface area (Å²) >= 11 is 1.29. The molecule has 0 fully saturated rings. The number of amides is 1. The van der Waals surface area contributed by atoms with Gasteiger partial charge < -0.3 is 15.4 Å². The third-order valence-corrected chi connectivity index (χ3v) is 6.80. The zero-order valence-electron chi connectivity index (χ0n) is 19.1. The molecule has 34 heavy (non-hydrogen) atoms. The van der Waals surface area contributed by atoms with Crippen LogP contribution in [0.4, 0.5) is 10.9 Å². The van der Waals surface area contributed by atoms with Crippen molar-refractivity contribution >= 4 is 28.2 Å². The average Bonchev–Trinajstić information content (AvgIpc) is 3.36. The highest BCUT2D eigenvalue weighted by atomic mass is 32.1. The highest BCUT2D eigenvalue weighted by Crippen LogP contribution is 2.51. The molecule has 8 heteroatoms. The van der Waals surface area contributed by atoms with Crippen molar-refractivity contribution < 1.29 is 9.53 Å². The molecule has 2 aromatic carbocycles. The van der Waals surface area contributed by atoms with E-state index in [0.717, 1.165) is 11.1 Å². The zero-order valence-corrected chi connectivity index (χ0v) is 20.0. The van der Waals surface area contributed by atoms with Crippen LogP contribution in [0.1, 0.15) is 49.4 Å². The van der Waals surface area contributed by atoms with Gasteiger partial charge in [0.15, 0.2) is 0 Å². The fourth-order valence-electron chi connectivity index (χ4n) is 4.36. The van der Waals surface area contributed by atoms with Crippen molar-refractivity contribution in [3.05, 3.63) is 88.9 Å². The van der Waals surface area contributed by atoms with Crippen molar-refractivity contribution in [2.24, 2.45) is 5.41 Å². The maximum atomic E-state index is 13.4. The number of ether oxygens (including phenoxy) is 1. The Morgan fingerprint density at radius 1 is 1.03 bits per heavy atom. The normalized spacial score (nSPS) is 15.4. The Bertz CT molecular complexity index is 1310. The number of anilines is 2. The van der Waals surface area contributed by atoms with E-state index in [1.807, 2.05) is 68.4 Å². The van der Waals surface area contributed by atoms with Crippen molar-refractivity contribution in [3.8, 4) is 11.6 Å². The molecule has 2 atom stereocenters. The van der Waals surface area contributed by atoms with E-state index in [0.29, 0.717) is 22.6 Å². The predicted molar refractivity (Wildman–Crippen MR) is 133 cm³/mol. The zero-order chi connectivity index (χ0) is 23.7. The molecule has 0 aliphatic carbocycles. The summed E-state index contributed by atoms with van der Waals surface area (Å²) in [6.45, 7) is 5.96. The number of pyridine rings is 1. The van der Waals surface area contributed by atoms with E-state index < -0.39 is 5.41 Å². The Morgan fingerprint density at radius 2 is 1.79 bits per heavy atom. The summed E-state index contributed by atoms with van der Waals surface area (Å²) in [5, 5.41) is 14.6. The minimum absolute atomic E-state index is 0.0764. The van der Waals surface area contributed by atoms with Gasteiger partial charge in [-0.1, -0.05) is 73.7 Å². The topological polar surface area (TPSA) is 89.0 Å². The van der Waals surface area contributed by atoms with Gasteiger partial charge in [-0.3, -0.25) is 4.79 Å². The minimum atomic E-state index is -0.811. The lowest BCUT2D eigenvalue weighted by Crippen LogP contribution is -2.38. The number of rotatable bonds is 6. The van der Waals surface area contributed by atoms with Crippen molar-refractivity contribution in [1.29, 1.82) is 0 Å². The smallest absolute Gasteiger partial charge is 0.232 e. The first-order valence-electron chi connectivity index (χ1n) is 11.1. The van der Waals surface area contributed by atoms with Crippen molar-refractivity contribution in [3.63, 3.8) is 0 Å². The lowest BCUT2D eigenvalue weighted by Gasteiger charge is -2.37. The quantitative estimate of drug-likeness (QED) is 0.358. The summed E-state index contributed by atoms with van der Waals surface area (Å²) in [6, 6.07) is 22.0. The van der Waals surface area contributed by atoms with Gasteiger partial charge in [-0.05, 0) is 30.7 Å². The highest BCUT2D eigenvalue weighted by molar-refractivity contribution is 7.13. The van der Waals surface area contributed by atoms with Crippen LogP contribution in [0.25, 0.3) is 0 Å². The summed E-state index contributed by atoms with van der Waals surface area (Å²) in [5.74, 6) is 1.53. The fourth-order valence-corrected chi connectivity index (χ4v) is 4.80. The van der Waals surface area contributed by atoms with Gasteiger partial charge in [-0.25, -0.2) is 0 Å². The second-order valence-corrected chi connectivity index (χ2v) is 9.69. The molecule has 1 aliphatic heterocycles. The Kier molecular flexibility index (Phi) is 5.75. The van der Waals surface area contributed by atoms with E-state index in [4.69, 9.17) is 9.72 Å². The molecule has 3 heterocycles. The minimum Gasteiger partial charge on any atom is -0.438 e. The first-order valence-corrected chi connectivity index (χ1v) is 12.0. The van der Waals surface area contributed by atoms with Crippen LogP contribution in [0.15, 0.2) is 72.2 Å². The van der Waals surface area contributed by atoms with E-state index >= 15 is 0 Å². The third kappa shape index (κ3) is 4.12. The highest BCUT2D eigenvalue weighted by Gasteiger charge is 2.44. The van der Waals surface area contributed by atoms with Crippen molar-refractivity contribution in [2.45, 2.75) is 32.7 Å². The molecule has 0 spiro atoms. The van der Waals surface area contributed by atoms with Gasteiger partial charge in [0.25, 0.3) is 0 Å². The Morgan fingerprint density at radius 3 is 2.56 bits per heavy atom. The summed E-state index contributed by atoms with van der Waals surface area (Å²) in [5.41, 5.74) is 3.77. The van der Waals surface area contributed by atoms with E-state index in [1.165, 1.54) is 16.9 Å². The number of benzene rings is 2. The molecular weight excluding hydrogens is 446 g/mol. The molecule has 0 bridgehead atoms. The van der Waals surface area contributed by atoms with Crippen molar-refractivity contribution in [1.82, 2.24) is 15.2 Å². The van der Waals surface area contributed by atoms with Crippen LogP contribution >= 0.6 is 11.3 Å². The Balaban J connectivity index is 1.49. The van der Waals surface area contributed by atoms with Crippen molar-refractivity contribution in [2.75, 3.05) is 10.6 Å². The third-order valence-electron chi connectivity index (χ3n) is 6.19. The average molecular weight is 472 g/mol. The first-order chi connectivity index (χ1) is 16.4. The predicted octanol–water partition coefficient (Wildman–Crippen LogP) is 6.01. The number of para-hydroxylation sites is 1. The van der Waals surface area contributed by atoms with E-state index in [1.54, 1.807) is 5.51 Å². The second-order valence-electron chi connectivity index (χ2n) is 8.86. The molecule has 4 aromatic rings. The number of nitrogens with one attached hydrogen (secondary N) is 2. The SMILES string of the molecule is C[C@H](Nc1ccc2c(n1)Oc1ccccc1[C@@H]2C(C)(C)C(=O)Nc1nncs1)c1ccccc1. The maximum absolute atomic E-state index is 13.4. The molecular formula is C26H25N5O2S. The molecule has 5 rings (SSSR count). The molecule has 0 unspecified atom stereocenters. The van der Waals surface area contributed by atoms with Gasteiger partial charge in [0.2, 0.25) is 16.9 Å². The van der Waals surface area contributed by atoms with Crippen LogP contribution in [0.3, 0.4) is 0 Å². The number of nitrogens with zero attached hydrogens (tertiary/aromatic N) is 3.